The van der Waals surface area contributed by atoms with Crippen molar-refractivity contribution in [3.05, 3.63) is 0 Å². The van der Waals surface area contributed by atoms with Crippen molar-refractivity contribution >= 4 is 29.9 Å². The molecule has 0 aromatic heterocycles. The summed E-state index contributed by atoms with van der Waals surface area (Å²) in [5.41, 5.74) is 0.384. The summed E-state index contributed by atoms with van der Waals surface area (Å²) in [5.74, 6) is 1.05. The third-order valence-electron chi connectivity index (χ3n) is 5.92. The molecule has 1 aliphatic carbocycles. The summed E-state index contributed by atoms with van der Waals surface area (Å²) in [4.78, 5) is 6.92. The van der Waals surface area contributed by atoms with Gasteiger partial charge in [0.15, 0.2) is 5.96 Å². The Hall–Kier alpha value is -0.120. The molecule has 0 spiro atoms. The van der Waals surface area contributed by atoms with Crippen LogP contribution in [-0.2, 0) is 14.2 Å². The Morgan fingerprint density at radius 3 is 2.33 bits per heavy atom. The summed E-state index contributed by atoms with van der Waals surface area (Å²) >= 11 is 0. The molecule has 0 atom stereocenters. The summed E-state index contributed by atoms with van der Waals surface area (Å²) in [5, 5.41) is 3.67. The highest BCUT2D eigenvalue weighted by atomic mass is 127. The fraction of sp³-hybridized carbons (Fsp3) is 0.950. The Morgan fingerprint density at radius 1 is 1.07 bits per heavy atom. The summed E-state index contributed by atoms with van der Waals surface area (Å²) in [6.45, 7) is 5.47. The molecule has 2 aliphatic rings. The number of guanidine groups is 1. The van der Waals surface area contributed by atoms with E-state index in [-0.39, 0.29) is 24.0 Å². The Bertz CT molecular complexity index is 409. The van der Waals surface area contributed by atoms with Crippen molar-refractivity contribution in [1.82, 2.24) is 10.2 Å². The zero-order chi connectivity index (χ0) is 18.7. The number of piperidine rings is 1. The van der Waals surface area contributed by atoms with Crippen LogP contribution in [0, 0.1) is 5.41 Å². The van der Waals surface area contributed by atoms with E-state index in [1.807, 2.05) is 7.05 Å². The lowest BCUT2D eigenvalue weighted by Gasteiger charge is -2.36. The van der Waals surface area contributed by atoms with Crippen LogP contribution in [0.3, 0.4) is 0 Å². The summed E-state index contributed by atoms with van der Waals surface area (Å²) in [7, 11) is 5.44. The minimum Gasteiger partial charge on any atom is -0.385 e. The second-order valence-electron chi connectivity index (χ2n) is 7.75. The van der Waals surface area contributed by atoms with Gasteiger partial charge < -0.3 is 24.4 Å². The molecule has 0 aromatic rings. The molecular weight excluding hydrogens is 457 g/mol. The largest absolute Gasteiger partial charge is 0.385 e. The van der Waals surface area contributed by atoms with Crippen LogP contribution in [-0.4, -0.2) is 77.7 Å². The zero-order valence-corrected chi connectivity index (χ0v) is 19.8. The van der Waals surface area contributed by atoms with Crippen molar-refractivity contribution in [1.29, 1.82) is 0 Å². The number of nitrogens with one attached hydrogen (secondary N) is 1. The van der Waals surface area contributed by atoms with E-state index in [1.54, 1.807) is 14.2 Å². The van der Waals surface area contributed by atoms with Crippen molar-refractivity contribution in [2.24, 2.45) is 10.4 Å². The first-order valence-corrected chi connectivity index (χ1v) is 10.3. The lowest BCUT2D eigenvalue weighted by molar-refractivity contribution is 0.00978. The number of likely N-dealkylation sites (tertiary alicyclic amines) is 1. The van der Waals surface area contributed by atoms with Gasteiger partial charge in [-0.2, -0.15) is 0 Å². The van der Waals surface area contributed by atoms with Crippen LogP contribution in [0.25, 0.3) is 0 Å². The van der Waals surface area contributed by atoms with Gasteiger partial charge in [0.1, 0.15) is 0 Å². The number of aliphatic imine (C=N–C) groups is 1. The van der Waals surface area contributed by atoms with Crippen LogP contribution in [0.1, 0.15) is 51.4 Å². The molecule has 27 heavy (non-hydrogen) atoms. The normalized spacial score (nSPS) is 20.6. The van der Waals surface area contributed by atoms with E-state index in [1.165, 1.54) is 25.7 Å². The first kappa shape index (κ1) is 24.9. The molecule has 7 heteroatoms. The SMILES string of the molecule is CN=C(NCC1(CCOC)CCCC1)N1CCC(OCCCOC)CC1.I. The van der Waals surface area contributed by atoms with Crippen molar-refractivity contribution in [2.45, 2.75) is 57.5 Å². The highest BCUT2D eigenvalue weighted by Crippen LogP contribution is 2.40. The van der Waals surface area contributed by atoms with Crippen molar-refractivity contribution < 1.29 is 14.2 Å². The third kappa shape index (κ3) is 8.41. The van der Waals surface area contributed by atoms with Crippen LogP contribution in [0.15, 0.2) is 4.99 Å². The standard InChI is InChI=1S/C20H39N3O3.HI/c1-21-19(22-17-20(11-16-25-3)9-4-5-10-20)23-12-7-18(8-13-23)26-15-6-14-24-2;/h18H,4-17H2,1-3H3,(H,21,22);1H. The highest BCUT2D eigenvalue weighted by Gasteiger charge is 2.34. The maximum Gasteiger partial charge on any atom is 0.193 e. The molecule has 0 aromatic carbocycles. The van der Waals surface area contributed by atoms with E-state index < -0.39 is 0 Å². The van der Waals surface area contributed by atoms with Gasteiger partial charge in [0.25, 0.3) is 0 Å². The quantitative estimate of drug-likeness (QED) is 0.217. The third-order valence-corrected chi connectivity index (χ3v) is 5.92. The molecule has 160 valence electrons. The molecule has 2 rings (SSSR count). The lowest BCUT2D eigenvalue weighted by atomic mass is 9.83. The van der Waals surface area contributed by atoms with E-state index in [4.69, 9.17) is 14.2 Å². The minimum absolute atomic E-state index is 0. The first-order valence-electron chi connectivity index (χ1n) is 10.3. The van der Waals surface area contributed by atoms with E-state index >= 15 is 0 Å². The maximum absolute atomic E-state index is 5.97. The molecule has 1 N–H and O–H groups in total. The lowest BCUT2D eigenvalue weighted by Crippen LogP contribution is -2.49. The van der Waals surface area contributed by atoms with Gasteiger partial charge in [-0.05, 0) is 43.9 Å². The zero-order valence-electron chi connectivity index (χ0n) is 17.5. The predicted molar refractivity (Wildman–Crippen MR) is 121 cm³/mol. The smallest absolute Gasteiger partial charge is 0.193 e. The van der Waals surface area contributed by atoms with Gasteiger partial charge in [-0.15, -0.1) is 24.0 Å². The molecule has 1 saturated heterocycles. The van der Waals surface area contributed by atoms with Gasteiger partial charge in [-0.1, -0.05) is 12.8 Å². The Morgan fingerprint density at radius 2 is 1.74 bits per heavy atom. The minimum atomic E-state index is 0. The van der Waals surface area contributed by atoms with Gasteiger partial charge in [0.2, 0.25) is 0 Å². The highest BCUT2D eigenvalue weighted by molar-refractivity contribution is 14.0. The second-order valence-corrected chi connectivity index (χ2v) is 7.75. The molecule has 0 unspecified atom stereocenters. The molecule has 6 nitrogen and oxygen atoms in total. The molecule has 0 bridgehead atoms. The number of hydrogen-bond donors (Lipinski definition) is 1. The molecular formula is C20H40IN3O3. The van der Waals surface area contributed by atoms with Crippen molar-refractivity contribution in [2.75, 3.05) is 60.7 Å². The van der Waals surface area contributed by atoms with Gasteiger partial charge in [0.05, 0.1) is 6.10 Å². The van der Waals surface area contributed by atoms with Gasteiger partial charge in [-0.25, -0.2) is 0 Å². The number of methoxy groups -OCH3 is 2. The number of ether oxygens (including phenoxy) is 3. The van der Waals surface area contributed by atoms with Crippen LogP contribution in [0.5, 0.6) is 0 Å². The van der Waals surface area contributed by atoms with Crippen LogP contribution < -0.4 is 5.32 Å². The number of hydrogen-bond acceptors (Lipinski definition) is 4. The van der Waals surface area contributed by atoms with Crippen molar-refractivity contribution in [3.63, 3.8) is 0 Å². The monoisotopic (exact) mass is 497 g/mol. The fourth-order valence-corrected chi connectivity index (χ4v) is 4.25. The molecule has 2 fully saturated rings. The Labute approximate surface area is 182 Å². The average molecular weight is 497 g/mol. The van der Waals surface area contributed by atoms with E-state index in [0.717, 1.165) is 71.1 Å². The molecule has 0 amide bonds. The van der Waals surface area contributed by atoms with Crippen LogP contribution in [0.2, 0.25) is 0 Å². The number of rotatable bonds is 10. The van der Waals surface area contributed by atoms with Gasteiger partial charge >= 0.3 is 0 Å². The second kappa shape index (κ2) is 14.0. The number of halogens is 1. The van der Waals surface area contributed by atoms with Crippen LogP contribution >= 0.6 is 24.0 Å². The van der Waals surface area contributed by atoms with Gasteiger partial charge in [-0.3, -0.25) is 4.99 Å². The average Bonchev–Trinajstić information content (AvgIpc) is 3.14. The molecule has 0 radical (unpaired) electrons. The van der Waals surface area contributed by atoms with Crippen LogP contribution in [0.4, 0.5) is 0 Å². The topological polar surface area (TPSA) is 55.3 Å². The molecule has 1 aliphatic heterocycles. The number of nitrogens with zero attached hydrogens (tertiary/aromatic N) is 2. The molecule has 1 saturated carbocycles. The van der Waals surface area contributed by atoms with E-state index in [0.29, 0.717) is 11.5 Å². The fourth-order valence-electron chi connectivity index (χ4n) is 4.25. The predicted octanol–water partition coefficient (Wildman–Crippen LogP) is 3.29. The Balaban J connectivity index is 0.00000364. The van der Waals surface area contributed by atoms with E-state index in [2.05, 4.69) is 15.2 Å². The Kier molecular flexibility index (Phi) is 12.9. The van der Waals surface area contributed by atoms with Crippen molar-refractivity contribution in [3.8, 4) is 0 Å². The first-order chi connectivity index (χ1) is 12.7. The van der Waals surface area contributed by atoms with Gasteiger partial charge in [0, 0.05) is 60.7 Å². The maximum atomic E-state index is 5.97. The summed E-state index contributed by atoms with van der Waals surface area (Å²) in [6.07, 6.45) is 9.93. The summed E-state index contributed by atoms with van der Waals surface area (Å²) in [6, 6.07) is 0. The molecule has 1 heterocycles. The summed E-state index contributed by atoms with van der Waals surface area (Å²) < 4.78 is 16.4. The van der Waals surface area contributed by atoms with E-state index in [9.17, 15) is 0 Å².